The van der Waals surface area contributed by atoms with Crippen LogP contribution < -0.4 is 82.3 Å². The maximum Gasteiger partial charge on any atom is 0.327 e. The van der Waals surface area contributed by atoms with E-state index in [1.807, 2.05) is 0 Å². The van der Waals surface area contributed by atoms with Crippen LogP contribution in [0.4, 0.5) is 0 Å². The second-order valence-corrected chi connectivity index (χ2v) is 16.8. The number of rotatable bonds is 34. The van der Waals surface area contributed by atoms with Gasteiger partial charge in [0.15, 0.2) is 11.9 Å². The zero-order valence-electron chi connectivity index (χ0n) is 39.9. The maximum atomic E-state index is 14.1. The summed E-state index contributed by atoms with van der Waals surface area (Å²) in [4.78, 5) is 137. The molecule has 0 heterocycles. The number of aliphatic imine (C=N–C) groups is 2. The number of hydrogen-bond acceptors (Lipinski definition) is 15. The van der Waals surface area contributed by atoms with Gasteiger partial charge in [0.05, 0.1) is 19.6 Å². The van der Waals surface area contributed by atoms with Gasteiger partial charge >= 0.3 is 5.97 Å². The average molecular weight is 1000 g/mol. The molecule has 0 bridgehead atoms. The standard InChI is InChI=1S/C40H75N17O11S/c1-20(2)30(36(65)50-17-28(59)49-18-29(60)52-26(19-69)38(67)68)57-37(66)31(21(3)4)56-35(64)25(12-9-15-48-40(45)46)55-34(63)24(11-8-14-47-39(43)44)54-33(62)23(10-6-7-13-41)53-32(61)22(5)51-27(58)16-42/h20-26,30-31,69H,6-19,41-42H2,1-5H3,(H,49,59)(H,50,65)(H,51,58)(H,52,60)(H,53,61)(H,54,62)(H,55,63)(H,56,64)(H,57,66)(H,67,68)(H4,43,44,47)(H4,45,46,48)/t22-,23-,24-,25-,26-,30-,31-/m0/s1. The number of carbonyl (C=O) groups excluding carboxylic acids is 9. The van der Waals surface area contributed by atoms with Gasteiger partial charge in [-0.15, -0.1) is 0 Å². The van der Waals surface area contributed by atoms with Crippen LogP contribution in [0, 0.1) is 11.8 Å². The first-order valence-corrected chi connectivity index (χ1v) is 23.0. The van der Waals surface area contributed by atoms with E-state index in [-0.39, 0.29) is 69.4 Å². The summed E-state index contributed by atoms with van der Waals surface area (Å²) in [5.74, 6) is -10.0. The molecule has 0 aromatic rings. The molecule has 69 heavy (non-hydrogen) atoms. The minimum absolute atomic E-state index is 0.0424. The smallest absolute Gasteiger partial charge is 0.327 e. The van der Waals surface area contributed by atoms with Crippen LogP contribution in [0.1, 0.15) is 79.6 Å². The fraction of sp³-hybridized carbons (Fsp3) is 0.700. The number of carboxylic acid groups (broad SMARTS) is 1. The number of unbranched alkanes of at least 4 members (excludes halogenated alkanes) is 1. The summed E-state index contributed by atoms with van der Waals surface area (Å²) < 4.78 is 0. The number of guanidine groups is 2. The van der Waals surface area contributed by atoms with Gasteiger partial charge in [-0.1, -0.05) is 27.7 Å². The van der Waals surface area contributed by atoms with E-state index in [2.05, 4.69) is 70.5 Å². The molecule has 0 aliphatic heterocycles. The molecule has 0 fully saturated rings. The molecular formula is C40H75N17O11S. The molecule has 392 valence electrons. The highest BCUT2D eigenvalue weighted by atomic mass is 32.1. The molecule has 0 saturated carbocycles. The first kappa shape index (κ1) is 62.5. The number of amides is 9. The molecule has 0 unspecified atom stereocenters. The Morgan fingerprint density at radius 3 is 1.36 bits per heavy atom. The Hall–Kier alpha value is -6.49. The molecule has 22 N–H and O–H groups in total. The van der Waals surface area contributed by atoms with Crippen molar-refractivity contribution in [1.29, 1.82) is 0 Å². The quantitative estimate of drug-likeness (QED) is 0.0123. The third-order valence-corrected chi connectivity index (χ3v) is 10.2. The summed E-state index contributed by atoms with van der Waals surface area (Å²) in [6.07, 6.45) is 1.19. The van der Waals surface area contributed by atoms with E-state index in [0.717, 1.165) is 0 Å². The first-order chi connectivity index (χ1) is 32.4. The fourth-order valence-corrected chi connectivity index (χ4v) is 6.28. The number of carboxylic acids is 1. The minimum Gasteiger partial charge on any atom is -0.480 e. The number of carbonyl (C=O) groups is 10. The van der Waals surface area contributed by atoms with E-state index in [1.54, 1.807) is 27.7 Å². The summed E-state index contributed by atoms with van der Waals surface area (Å²) in [6.45, 7) is 6.68. The van der Waals surface area contributed by atoms with E-state index < -0.39 is 126 Å². The van der Waals surface area contributed by atoms with E-state index >= 15 is 0 Å². The Kier molecular flexibility index (Phi) is 30.7. The lowest BCUT2D eigenvalue weighted by Gasteiger charge is -2.29. The molecule has 0 aliphatic carbocycles. The Bertz CT molecular complexity index is 1800. The van der Waals surface area contributed by atoms with Crippen molar-refractivity contribution < 1.29 is 53.1 Å². The molecule has 9 amide bonds. The van der Waals surface area contributed by atoms with Crippen LogP contribution in [-0.4, -0.2) is 163 Å². The lowest BCUT2D eigenvalue weighted by Crippen LogP contribution is -2.61. The van der Waals surface area contributed by atoms with Crippen LogP contribution >= 0.6 is 12.6 Å². The van der Waals surface area contributed by atoms with Crippen molar-refractivity contribution in [3.05, 3.63) is 0 Å². The number of aliphatic carboxylic acids is 1. The summed E-state index contributed by atoms with van der Waals surface area (Å²) in [5, 5.41) is 31.4. The third kappa shape index (κ3) is 26.6. The van der Waals surface area contributed by atoms with Crippen LogP contribution in [0.5, 0.6) is 0 Å². The van der Waals surface area contributed by atoms with Crippen molar-refractivity contribution >= 4 is 83.7 Å². The number of nitrogens with zero attached hydrogens (tertiary/aromatic N) is 2. The highest BCUT2D eigenvalue weighted by molar-refractivity contribution is 7.80. The van der Waals surface area contributed by atoms with Gasteiger partial charge in [0.2, 0.25) is 53.2 Å². The SMILES string of the molecule is CC(C)[C@H](NC(=O)[C@H](CCCN=C(N)N)NC(=O)[C@H](CCCN=C(N)N)NC(=O)[C@H](CCCCN)NC(=O)[C@H](C)NC(=O)CN)C(=O)N[C@H](C(=O)NCC(=O)NCC(=O)N[C@@H](CS)C(=O)O)C(C)C. The predicted molar refractivity (Wildman–Crippen MR) is 258 cm³/mol. The van der Waals surface area contributed by atoms with Crippen LogP contribution in [-0.2, 0) is 47.9 Å². The van der Waals surface area contributed by atoms with Crippen LogP contribution in [0.25, 0.3) is 0 Å². The second-order valence-electron chi connectivity index (χ2n) is 16.5. The number of hydrogen-bond donors (Lipinski definition) is 17. The van der Waals surface area contributed by atoms with Gasteiger partial charge in [-0.3, -0.25) is 53.1 Å². The largest absolute Gasteiger partial charge is 0.480 e. The summed E-state index contributed by atoms with van der Waals surface area (Å²) in [6, 6.07) is -8.75. The lowest BCUT2D eigenvalue weighted by atomic mass is 9.99. The second kappa shape index (κ2) is 33.9. The van der Waals surface area contributed by atoms with E-state index in [0.29, 0.717) is 19.4 Å². The van der Waals surface area contributed by atoms with Crippen molar-refractivity contribution in [3.8, 4) is 0 Å². The first-order valence-electron chi connectivity index (χ1n) is 22.4. The van der Waals surface area contributed by atoms with Crippen molar-refractivity contribution in [2.75, 3.05) is 45.0 Å². The zero-order chi connectivity index (χ0) is 52.8. The number of nitrogens with two attached hydrogens (primary N) is 6. The van der Waals surface area contributed by atoms with Crippen molar-refractivity contribution in [2.45, 2.75) is 122 Å². The minimum atomic E-state index is -1.36. The molecule has 0 saturated heterocycles. The van der Waals surface area contributed by atoms with Gasteiger partial charge < -0.3 is 87.4 Å². The number of thiol groups is 1. The van der Waals surface area contributed by atoms with Crippen molar-refractivity contribution in [3.63, 3.8) is 0 Å². The Morgan fingerprint density at radius 2 is 0.928 bits per heavy atom. The lowest BCUT2D eigenvalue weighted by molar-refractivity contribution is -0.141. The molecule has 0 aromatic carbocycles. The average Bonchev–Trinajstić information content (AvgIpc) is 3.28. The van der Waals surface area contributed by atoms with Gasteiger partial charge in [0.25, 0.3) is 0 Å². The molecule has 0 spiro atoms. The highest BCUT2D eigenvalue weighted by Gasteiger charge is 2.34. The van der Waals surface area contributed by atoms with Crippen molar-refractivity contribution in [2.24, 2.45) is 56.2 Å². The maximum absolute atomic E-state index is 14.1. The Morgan fingerprint density at radius 1 is 0.493 bits per heavy atom. The van der Waals surface area contributed by atoms with E-state index in [9.17, 15) is 47.9 Å². The highest BCUT2D eigenvalue weighted by Crippen LogP contribution is 2.10. The Labute approximate surface area is 406 Å². The van der Waals surface area contributed by atoms with E-state index in [1.165, 1.54) is 6.92 Å². The van der Waals surface area contributed by atoms with Gasteiger partial charge in [-0.2, -0.15) is 12.6 Å². The molecule has 0 radical (unpaired) electrons. The fourth-order valence-electron chi connectivity index (χ4n) is 6.03. The van der Waals surface area contributed by atoms with Crippen LogP contribution in [0.15, 0.2) is 9.98 Å². The molecular weight excluding hydrogens is 927 g/mol. The van der Waals surface area contributed by atoms with E-state index in [4.69, 9.17) is 39.5 Å². The predicted octanol–water partition coefficient (Wildman–Crippen LogP) is -6.85. The molecule has 7 atom stereocenters. The topological polar surface area (TPSA) is 480 Å². The molecule has 28 nitrogen and oxygen atoms in total. The summed E-state index contributed by atoms with van der Waals surface area (Å²) in [7, 11) is 0. The van der Waals surface area contributed by atoms with Crippen LogP contribution in [0.2, 0.25) is 0 Å². The van der Waals surface area contributed by atoms with Gasteiger partial charge in [-0.05, 0) is 70.3 Å². The molecule has 0 rings (SSSR count). The number of nitrogens with one attached hydrogen (secondary N) is 9. The molecule has 0 aliphatic rings. The van der Waals surface area contributed by atoms with Crippen LogP contribution in [0.3, 0.4) is 0 Å². The summed E-state index contributed by atoms with van der Waals surface area (Å²) in [5.41, 5.74) is 32.9. The monoisotopic (exact) mass is 1000 g/mol. The van der Waals surface area contributed by atoms with Gasteiger partial charge in [-0.25, -0.2) is 4.79 Å². The normalized spacial score (nSPS) is 13.9. The third-order valence-electron chi connectivity index (χ3n) is 9.87. The molecule has 0 aromatic heterocycles. The van der Waals surface area contributed by atoms with Gasteiger partial charge in [0, 0.05) is 18.8 Å². The van der Waals surface area contributed by atoms with Gasteiger partial charge in [0.1, 0.15) is 42.3 Å². The zero-order valence-corrected chi connectivity index (χ0v) is 40.8. The van der Waals surface area contributed by atoms with Crippen molar-refractivity contribution in [1.82, 2.24) is 47.9 Å². The Balaban J connectivity index is 6.43. The summed E-state index contributed by atoms with van der Waals surface area (Å²) >= 11 is 3.85. The molecule has 29 heteroatoms.